The van der Waals surface area contributed by atoms with Gasteiger partial charge in [0, 0.05) is 11.4 Å². The molecule has 5 nitrogen and oxygen atoms in total. The zero-order chi connectivity index (χ0) is 20.4. The zero-order valence-corrected chi connectivity index (χ0v) is 16.5. The maximum absolute atomic E-state index is 13.2. The third-order valence-electron chi connectivity index (χ3n) is 4.46. The Morgan fingerprint density at radius 2 is 2.00 bits per heavy atom. The molecule has 0 fully saturated rings. The molecule has 1 aliphatic rings. The van der Waals surface area contributed by atoms with Crippen LogP contribution in [-0.2, 0) is 4.79 Å². The lowest BCUT2D eigenvalue weighted by molar-refractivity contribution is -0.135. The van der Waals surface area contributed by atoms with Gasteiger partial charge >= 0.3 is 0 Å². The van der Waals surface area contributed by atoms with Crippen molar-refractivity contribution in [1.29, 1.82) is 0 Å². The number of furan rings is 1. The molecule has 1 amide bonds. The third-order valence-corrected chi connectivity index (χ3v) is 5.01. The minimum atomic E-state index is -0.483. The van der Waals surface area contributed by atoms with Crippen LogP contribution in [0.25, 0.3) is 0 Å². The van der Waals surface area contributed by atoms with Gasteiger partial charge < -0.3 is 9.15 Å². The van der Waals surface area contributed by atoms with Crippen LogP contribution in [-0.4, -0.2) is 23.2 Å². The molecular formula is C21H15Cl2FN2O3. The van der Waals surface area contributed by atoms with Crippen LogP contribution in [0.4, 0.5) is 4.39 Å². The number of ether oxygens (including phenoxy) is 1. The fourth-order valence-corrected chi connectivity index (χ4v) is 3.41. The molecule has 0 unspecified atom stereocenters. The van der Waals surface area contributed by atoms with Gasteiger partial charge in [-0.25, -0.2) is 9.40 Å². The van der Waals surface area contributed by atoms with Gasteiger partial charge in [0.25, 0.3) is 5.91 Å². The highest BCUT2D eigenvalue weighted by Crippen LogP contribution is 2.33. The van der Waals surface area contributed by atoms with Crippen LogP contribution >= 0.6 is 23.2 Å². The Bertz CT molecular complexity index is 1050. The quantitative estimate of drug-likeness (QED) is 0.535. The molecule has 0 spiro atoms. The van der Waals surface area contributed by atoms with Crippen LogP contribution in [0.5, 0.6) is 5.75 Å². The summed E-state index contributed by atoms with van der Waals surface area (Å²) in [4.78, 5) is 12.8. The van der Waals surface area contributed by atoms with Crippen molar-refractivity contribution in [3.63, 3.8) is 0 Å². The van der Waals surface area contributed by atoms with Crippen molar-refractivity contribution in [2.45, 2.75) is 12.5 Å². The molecule has 148 valence electrons. The van der Waals surface area contributed by atoms with Gasteiger partial charge in [-0.3, -0.25) is 4.79 Å². The molecule has 29 heavy (non-hydrogen) atoms. The van der Waals surface area contributed by atoms with E-state index in [-0.39, 0.29) is 23.3 Å². The SMILES string of the molecule is O=C(COc1ccc(F)cc1Cl)N1N=C(c2ccc(Cl)cc2)C[C@@H]1c1ccco1. The maximum atomic E-state index is 13.2. The van der Waals surface area contributed by atoms with E-state index in [0.29, 0.717) is 17.2 Å². The number of carbonyl (C=O) groups is 1. The van der Waals surface area contributed by atoms with Crippen LogP contribution in [0, 0.1) is 5.82 Å². The number of hydrogen-bond donors (Lipinski definition) is 0. The van der Waals surface area contributed by atoms with E-state index in [0.717, 1.165) is 17.3 Å². The molecule has 1 atom stereocenters. The zero-order valence-electron chi connectivity index (χ0n) is 15.0. The topological polar surface area (TPSA) is 55.0 Å². The highest BCUT2D eigenvalue weighted by Gasteiger charge is 2.35. The first kappa shape index (κ1) is 19.5. The van der Waals surface area contributed by atoms with Gasteiger partial charge in [-0.05, 0) is 48.0 Å². The second-order valence-electron chi connectivity index (χ2n) is 6.39. The first-order valence-electron chi connectivity index (χ1n) is 8.78. The Kier molecular flexibility index (Phi) is 5.56. The summed E-state index contributed by atoms with van der Waals surface area (Å²) in [7, 11) is 0. The van der Waals surface area contributed by atoms with Crippen LogP contribution < -0.4 is 4.74 Å². The molecule has 1 aromatic heterocycles. The Hall–Kier alpha value is -2.83. The fourth-order valence-electron chi connectivity index (χ4n) is 3.06. The van der Waals surface area contributed by atoms with Gasteiger partial charge in [-0.1, -0.05) is 35.3 Å². The maximum Gasteiger partial charge on any atom is 0.281 e. The summed E-state index contributed by atoms with van der Waals surface area (Å²) in [6.45, 7) is -0.306. The highest BCUT2D eigenvalue weighted by atomic mass is 35.5. The van der Waals surface area contributed by atoms with Gasteiger partial charge in [0.05, 0.1) is 17.0 Å². The molecule has 8 heteroatoms. The van der Waals surface area contributed by atoms with E-state index >= 15 is 0 Å². The molecule has 2 heterocycles. The minimum absolute atomic E-state index is 0.0900. The smallest absolute Gasteiger partial charge is 0.281 e. The molecule has 4 rings (SSSR count). The van der Waals surface area contributed by atoms with Gasteiger partial charge in [0.1, 0.15) is 23.4 Å². The van der Waals surface area contributed by atoms with Crippen molar-refractivity contribution in [3.05, 3.63) is 88.0 Å². The molecule has 0 radical (unpaired) electrons. The van der Waals surface area contributed by atoms with Crippen molar-refractivity contribution in [3.8, 4) is 5.75 Å². The molecule has 2 aromatic carbocycles. The number of benzene rings is 2. The molecule has 0 saturated heterocycles. The van der Waals surface area contributed by atoms with E-state index < -0.39 is 11.9 Å². The van der Waals surface area contributed by atoms with Crippen LogP contribution in [0.2, 0.25) is 10.0 Å². The highest BCUT2D eigenvalue weighted by molar-refractivity contribution is 6.32. The average molecular weight is 433 g/mol. The molecule has 0 bridgehead atoms. The minimum Gasteiger partial charge on any atom is -0.482 e. The van der Waals surface area contributed by atoms with Crippen molar-refractivity contribution in [1.82, 2.24) is 5.01 Å². The number of hydrogen-bond acceptors (Lipinski definition) is 4. The van der Waals surface area contributed by atoms with E-state index in [4.69, 9.17) is 32.4 Å². The number of amides is 1. The summed E-state index contributed by atoms with van der Waals surface area (Å²) in [6.07, 6.45) is 2.03. The molecular weight excluding hydrogens is 418 g/mol. The normalized spacial score (nSPS) is 16.0. The number of halogens is 3. The van der Waals surface area contributed by atoms with Crippen molar-refractivity contribution in [2.75, 3.05) is 6.61 Å². The van der Waals surface area contributed by atoms with Crippen LogP contribution in [0.1, 0.15) is 23.8 Å². The Morgan fingerprint density at radius 1 is 1.21 bits per heavy atom. The predicted octanol–water partition coefficient (Wildman–Crippen LogP) is 5.48. The van der Waals surface area contributed by atoms with Gasteiger partial charge in [-0.15, -0.1) is 0 Å². The van der Waals surface area contributed by atoms with Gasteiger partial charge in [-0.2, -0.15) is 5.10 Å². The Morgan fingerprint density at radius 3 is 2.69 bits per heavy atom. The number of carbonyl (C=O) groups excluding carboxylic acids is 1. The van der Waals surface area contributed by atoms with Crippen LogP contribution in [0.15, 0.2) is 70.4 Å². The second-order valence-corrected chi connectivity index (χ2v) is 7.23. The molecule has 0 N–H and O–H groups in total. The number of nitrogens with zero attached hydrogens (tertiary/aromatic N) is 2. The summed E-state index contributed by atoms with van der Waals surface area (Å²) in [5, 5.41) is 6.55. The van der Waals surface area contributed by atoms with E-state index in [1.54, 1.807) is 30.5 Å². The van der Waals surface area contributed by atoms with E-state index in [9.17, 15) is 9.18 Å². The summed E-state index contributed by atoms with van der Waals surface area (Å²) in [5.74, 6) is -0.0259. The Labute approximate surface area is 176 Å². The summed E-state index contributed by atoms with van der Waals surface area (Å²) >= 11 is 11.9. The molecule has 3 aromatic rings. The summed E-state index contributed by atoms with van der Waals surface area (Å²) < 4.78 is 24.2. The third kappa shape index (κ3) is 4.28. The first-order chi connectivity index (χ1) is 14.0. The van der Waals surface area contributed by atoms with Gasteiger partial charge in [0.15, 0.2) is 6.61 Å². The molecule has 0 saturated carbocycles. The lowest BCUT2D eigenvalue weighted by Crippen LogP contribution is -2.31. The van der Waals surface area contributed by atoms with Crippen molar-refractivity contribution in [2.24, 2.45) is 5.10 Å². The average Bonchev–Trinajstić information content (AvgIpc) is 3.37. The standard InChI is InChI=1S/C21H15Cl2FN2O3/c22-14-5-3-13(4-6-14)17-11-18(20-2-1-9-28-20)26(25-17)21(27)12-29-19-8-7-15(24)10-16(19)23/h1-10,18H,11-12H2/t18-/m1/s1. The number of rotatable bonds is 5. The lowest BCUT2D eigenvalue weighted by atomic mass is 10.0. The van der Waals surface area contributed by atoms with Gasteiger partial charge in [0.2, 0.25) is 0 Å². The fraction of sp³-hybridized carbons (Fsp3) is 0.143. The summed E-state index contributed by atoms with van der Waals surface area (Å²) in [6, 6.07) is 14.1. The van der Waals surface area contributed by atoms with Crippen molar-refractivity contribution >= 4 is 34.8 Å². The second kappa shape index (κ2) is 8.27. The monoisotopic (exact) mass is 432 g/mol. The van der Waals surface area contributed by atoms with Crippen LogP contribution in [0.3, 0.4) is 0 Å². The predicted molar refractivity (Wildman–Crippen MR) is 108 cm³/mol. The van der Waals surface area contributed by atoms with E-state index in [1.807, 2.05) is 12.1 Å². The summed E-state index contributed by atoms with van der Waals surface area (Å²) in [5.41, 5.74) is 1.60. The number of hydrazone groups is 1. The van der Waals surface area contributed by atoms with E-state index in [2.05, 4.69) is 5.10 Å². The Balaban J connectivity index is 1.55. The molecule has 1 aliphatic heterocycles. The first-order valence-corrected chi connectivity index (χ1v) is 9.53. The van der Waals surface area contributed by atoms with Crippen molar-refractivity contribution < 1.29 is 18.3 Å². The lowest BCUT2D eigenvalue weighted by Gasteiger charge is -2.20. The largest absolute Gasteiger partial charge is 0.482 e. The van der Waals surface area contributed by atoms with E-state index in [1.165, 1.54) is 17.1 Å². The molecule has 0 aliphatic carbocycles.